The van der Waals surface area contributed by atoms with Gasteiger partial charge in [0.25, 0.3) is 5.91 Å². The van der Waals surface area contributed by atoms with Gasteiger partial charge in [0.2, 0.25) is 0 Å². The quantitative estimate of drug-likeness (QED) is 0.213. The van der Waals surface area contributed by atoms with E-state index >= 15 is 0 Å². The number of carbonyl (C=O) groups is 1. The Morgan fingerprint density at radius 1 is 1.09 bits per heavy atom. The summed E-state index contributed by atoms with van der Waals surface area (Å²) in [6.07, 6.45) is 8.54. The largest absolute Gasteiger partial charge is 0.496 e. The zero-order valence-corrected chi connectivity index (χ0v) is 20.1. The highest BCUT2D eigenvalue weighted by atomic mass is 32.2. The number of hydrogen-bond donors (Lipinski definition) is 1. The van der Waals surface area contributed by atoms with Gasteiger partial charge in [0.1, 0.15) is 5.75 Å². The van der Waals surface area contributed by atoms with E-state index in [0.29, 0.717) is 11.0 Å². The molecule has 1 amide bonds. The molecule has 2 heterocycles. The number of aromatic nitrogens is 4. The van der Waals surface area contributed by atoms with Crippen molar-refractivity contribution in [3.63, 3.8) is 0 Å². The third kappa shape index (κ3) is 6.21. The number of carbonyl (C=O) groups excluding carboxylic acids is 1. The van der Waals surface area contributed by atoms with E-state index in [-0.39, 0.29) is 11.7 Å². The summed E-state index contributed by atoms with van der Waals surface area (Å²) in [4.78, 5) is 16.4. The Morgan fingerprint density at radius 3 is 2.63 bits per heavy atom. The van der Waals surface area contributed by atoms with Crippen molar-refractivity contribution in [2.24, 2.45) is 5.10 Å². The second-order valence-electron chi connectivity index (χ2n) is 7.42. The van der Waals surface area contributed by atoms with Crippen molar-refractivity contribution < 1.29 is 9.53 Å². The van der Waals surface area contributed by atoms with Crippen LogP contribution in [0.5, 0.6) is 5.75 Å². The maximum Gasteiger partial charge on any atom is 0.250 e. The summed E-state index contributed by atoms with van der Waals surface area (Å²) in [5.41, 5.74) is 6.40. The molecule has 35 heavy (non-hydrogen) atoms. The number of pyridine rings is 1. The topological polar surface area (TPSA) is 94.3 Å². The number of amides is 1. The molecule has 4 aromatic rings. The summed E-state index contributed by atoms with van der Waals surface area (Å²) in [5.74, 6) is 1.33. The number of para-hydroxylation sites is 1. The van der Waals surface area contributed by atoms with Crippen molar-refractivity contribution in [1.82, 2.24) is 25.2 Å². The lowest BCUT2D eigenvalue weighted by Gasteiger charge is -2.10. The molecule has 0 bridgehead atoms. The van der Waals surface area contributed by atoms with Crippen LogP contribution in [0.15, 0.2) is 89.4 Å². The molecule has 1 N–H and O–H groups in total. The lowest BCUT2D eigenvalue weighted by atomic mass is 10.2. The number of nitrogens with one attached hydrogen (secondary N) is 1. The van der Waals surface area contributed by atoms with E-state index in [1.54, 1.807) is 25.6 Å². The fraction of sp³-hybridized carbons (Fsp3) is 0.115. The average Bonchev–Trinajstić information content (AvgIpc) is 3.32. The van der Waals surface area contributed by atoms with E-state index < -0.39 is 0 Å². The molecule has 4 rings (SSSR count). The molecule has 8 nitrogen and oxygen atoms in total. The van der Waals surface area contributed by atoms with Gasteiger partial charge < -0.3 is 4.74 Å². The van der Waals surface area contributed by atoms with E-state index in [9.17, 15) is 4.79 Å². The zero-order valence-electron chi connectivity index (χ0n) is 19.3. The van der Waals surface area contributed by atoms with Gasteiger partial charge >= 0.3 is 0 Å². The molecular formula is C26H24N6O2S. The van der Waals surface area contributed by atoms with Crippen molar-refractivity contribution in [1.29, 1.82) is 0 Å². The van der Waals surface area contributed by atoms with Gasteiger partial charge in [-0.15, -0.1) is 10.2 Å². The van der Waals surface area contributed by atoms with Gasteiger partial charge in [-0.25, -0.2) is 5.43 Å². The molecule has 9 heteroatoms. The average molecular weight is 485 g/mol. The van der Waals surface area contributed by atoms with E-state index in [1.165, 1.54) is 18.0 Å². The molecular weight excluding hydrogens is 460 g/mol. The third-order valence-electron chi connectivity index (χ3n) is 4.96. The normalized spacial score (nSPS) is 11.3. The predicted octanol–water partition coefficient (Wildman–Crippen LogP) is 4.55. The first kappa shape index (κ1) is 23.9. The summed E-state index contributed by atoms with van der Waals surface area (Å²) < 4.78 is 7.24. The number of thioether (sulfide) groups is 1. The first-order chi connectivity index (χ1) is 17.2. The minimum Gasteiger partial charge on any atom is -0.496 e. The minimum absolute atomic E-state index is 0.133. The highest BCUT2D eigenvalue weighted by Gasteiger charge is 2.17. The minimum atomic E-state index is -0.249. The molecule has 0 unspecified atom stereocenters. The highest BCUT2D eigenvalue weighted by Crippen LogP contribution is 2.27. The molecule has 0 spiro atoms. The Bertz CT molecular complexity index is 1330. The fourth-order valence-corrected chi connectivity index (χ4v) is 3.99. The van der Waals surface area contributed by atoms with Crippen LogP contribution in [0, 0.1) is 6.92 Å². The lowest BCUT2D eigenvalue weighted by Crippen LogP contribution is -2.19. The van der Waals surface area contributed by atoms with Crippen molar-refractivity contribution >= 4 is 30.0 Å². The van der Waals surface area contributed by atoms with Gasteiger partial charge in [-0.05, 0) is 49.4 Å². The number of benzene rings is 2. The standard InChI is InChI=1S/C26H24N6O2S/c1-19-9-11-22(12-10-19)32-25(21-13-16-27-17-14-21)30-31-26(32)35-18-24(33)29-28-15-5-7-20-6-3-4-8-23(20)34-2/h3-17H,18H2,1-2H3,(H,29,33)/b7-5+,28-15+. The Morgan fingerprint density at radius 2 is 1.86 bits per heavy atom. The van der Waals surface area contributed by atoms with Crippen LogP contribution in [0.1, 0.15) is 11.1 Å². The van der Waals surface area contributed by atoms with Crippen molar-refractivity contribution in [3.8, 4) is 22.8 Å². The summed E-state index contributed by atoms with van der Waals surface area (Å²) >= 11 is 1.29. The first-order valence-electron chi connectivity index (χ1n) is 10.8. The van der Waals surface area contributed by atoms with Crippen molar-refractivity contribution in [3.05, 3.63) is 90.3 Å². The molecule has 0 saturated heterocycles. The molecule has 0 saturated carbocycles. The summed E-state index contributed by atoms with van der Waals surface area (Å²) in [5, 5.41) is 13.3. The zero-order chi connectivity index (χ0) is 24.5. The molecule has 2 aromatic heterocycles. The van der Waals surface area contributed by atoms with Gasteiger partial charge in [-0.3, -0.25) is 14.3 Å². The van der Waals surface area contributed by atoms with E-state index in [1.807, 2.05) is 78.2 Å². The van der Waals surface area contributed by atoms with Crippen LogP contribution in [0.2, 0.25) is 0 Å². The lowest BCUT2D eigenvalue weighted by molar-refractivity contribution is -0.118. The molecule has 0 fully saturated rings. The maximum atomic E-state index is 12.4. The number of methoxy groups -OCH3 is 1. The molecule has 0 aliphatic heterocycles. The third-order valence-corrected chi connectivity index (χ3v) is 5.89. The van der Waals surface area contributed by atoms with Gasteiger partial charge in [0, 0.05) is 35.4 Å². The Hall–Kier alpha value is -4.24. The Balaban J connectivity index is 1.42. The first-order valence-corrected chi connectivity index (χ1v) is 11.8. The molecule has 0 atom stereocenters. The summed E-state index contributed by atoms with van der Waals surface area (Å²) in [7, 11) is 1.62. The van der Waals surface area contributed by atoms with Crippen LogP contribution in [-0.2, 0) is 4.79 Å². The van der Waals surface area contributed by atoms with E-state index in [0.717, 1.165) is 28.1 Å². The Labute approximate surface area is 207 Å². The SMILES string of the molecule is COc1ccccc1/C=C/C=N/NC(=O)CSc1nnc(-c2ccncc2)n1-c1ccc(C)cc1. The van der Waals surface area contributed by atoms with Gasteiger partial charge in [0.15, 0.2) is 11.0 Å². The molecule has 0 aliphatic rings. The van der Waals surface area contributed by atoms with E-state index in [2.05, 4.69) is 25.7 Å². The Kier molecular flexibility index (Phi) is 8.03. The molecule has 176 valence electrons. The van der Waals surface area contributed by atoms with Crippen LogP contribution >= 0.6 is 11.8 Å². The van der Waals surface area contributed by atoms with Gasteiger partial charge in [0.05, 0.1) is 12.9 Å². The summed E-state index contributed by atoms with van der Waals surface area (Å²) in [6, 6.07) is 19.5. The molecule has 0 radical (unpaired) electrons. The number of nitrogens with zero attached hydrogens (tertiary/aromatic N) is 5. The monoisotopic (exact) mass is 484 g/mol. The van der Waals surface area contributed by atoms with Crippen LogP contribution in [-0.4, -0.2) is 44.7 Å². The highest BCUT2D eigenvalue weighted by molar-refractivity contribution is 7.99. The fourth-order valence-electron chi connectivity index (χ4n) is 3.24. The number of ether oxygens (including phenoxy) is 1. The van der Waals surface area contributed by atoms with Crippen LogP contribution in [0.25, 0.3) is 23.2 Å². The maximum absolute atomic E-state index is 12.4. The number of allylic oxidation sites excluding steroid dienone is 1. The molecule has 0 aliphatic carbocycles. The number of rotatable bonds is 9. The predicted molar refractivity (Wildman–Crippen MR) is 139 cm³/mol. The van der Waals surface area contributed by atoms with Crippen molar-refractivity contribution in [2.75, 3.05) is 12.9 Å². The van der Waals surface area contributed by atoms with Crippen molar-refractivity contribution in [2.45, 2.75) is 12.1 Å². The second-order valence-corrected chi connectivity index (χ2v) is 8.36. The van der Waals surface area contributed by atoms with E-state index in [4.69, 9.17) is 4.74 Å². The number of aryl methyl sites for hydroxylation is 1. The molecule has 2 aromatic carbocycles. The number of hydrazone groups is 1. The van der Waals surface area contributed by atoms with Crippen LogP contribution < -0.4 is 10.2 Å². The van der Waals surface area contributed by atoms with Gasteiger partial charge in [-0.2, -0.15) is 5.10 Å². The smallest absolute Gasteiger partial charge is 0.250 e. The summed E-state index contributed by atoms with van der Waals surface area (Å²) in [6.45, 7) is 2.03. The van der Waals surface area contributed by atoms with Crippen LogP contribution in [0.4, 0.5) is 0 Å². The number of hydrogen-bond acceptors (Lipinski definition) is 7. The second kappa shape index (κ2) is 11.8. The van der Waals surface area contributed by atoms with Crippen LogP contribution in [0.3, 0.4) is 0 Å². The van der Waals surface area contributed by atoms with Gasteiger partial charge in [-0.1, -0.05) is 47.7 Å².